The van der Waals surface area contributed by atoms with Crippen molar-refractivity contribution in [2.45, 2.75) is 70.9 Å². The topological polar surface area (TPSA) is 55.8 Å². The second-order valence-electron chi connectivity index (χ2n) is 8.94. The summed E-state index contributed by atoms with van der Waals surface area (Å²) in [6.07, 6.45) is 6.54. The highest BCUT2D eigenvalue weighted by atomic mass is 32.1. The van der Waals surface area contributed by atoms with E-state index >= 15 is 0 Å². The van der Waals surface area contributed by atoms with Gasteiger partial charge in [-0.2, -0.15) is 0 Å². The van der Waals surface area contributed by atoms with E-state index in [1.54, 1.807) is 11.3 Å². The number of thiazole rings is 1. The number of nitrogens with one attached hydrogen (secondary N) is 2. The summed E-state index contributed by atoms with van der Waals surface area (Å²) in [5.74, 6) is 1.40. The smallest absolute Gasteiger partial charge is 0.191 e. The SMILES string of the molecule is CCNC(=NCc1nc(C(C)C)cs1)NCC1(N2CCCCC2)CCN(C)CC1. The Balaban J connectivity index is 1.65. The molecule has 1 aromatic heterocycles. The van der Waals surface area contributed by atoms with E-state index in [1.807, 2.05) is 0 Å². The molecule has 2 N–H and O–H groups in total. The fourth-order valence-corrected chi connectivity index (χ4v) is 5.29. The van der Waals surface area contributed by atoms with Crippen LogP contribution < -0.4 is 10.6 Å². The van der Waals surface area contributed by atoms with Crippen molar-refractivity contribution >= 4 is 17.3 Å². The summed E-state index contributed by atoms with van der Waals surface area (Å²) in [6, 6.07) is 0. The minimum Gasteiger partial charge on any atom is -0.357 e. The van der Waals surface area contributed by atoms with Gasteiger partial charge in [0.2, 0.25) is 0 Å². The number of hydrogen-bond donors (Lipinski definition) is 2. The predicted octanol–water partition coefficient (Wildman–Crippen LogP) is 3.27. The van der Waals surface area contributed by atoms with Crippen molar-refractivity contribution in [1.29, 1.82) is 0 Å². The average molecular weight is 421 g/mol. The van der Waals surface area contributed by atoms with Crippen LogP contribution in [0.4, 0.5) is 0 Å². The highest BCUT2D eigenvalue weighted by molar-refractivity contribution is 7.09. The summed E-state index contributed by atoms with van der Waals surface area (Å²) in [7, 11) is 2.25. The van der Waals surface area contributed by atoms with Gasteiger partial charge in [-0.15, -0.1) is 11.3 Å². The zero-order valence-electron chi connectivity index (χ0n) is 18.8. The molecule has 0 aliphatic carbocycles. The van der Waals surface area contributed by atoms with Gasteiger partial charge in [0.15, 0.2) is 5.96 Å². The Morgan fingerprint density at radius 3 is 2.52 bits per heavy atom. The first-order chi connectivity index (χ1) is 14.0. The Bertz CT molecular complexity index is 641. The molecule has 7 heteroatoms. The van der Waals surface area contributed by atoms with Crippen LogP contribution in [0.2, 0.25) is 0 Å². The highest BCUT2D eigenvalue weighted by Gasteiger charge is 2.39. The van der Waals surface area contributed by atoms with E-state index in [1.165, 1.54) is 64.0 Å². The maximum Gasteiger partial charge on any atom is 0.191 e. The lowest BCUT2D eigenvalue weighted by Crippen LogP contribution is -2.62. The first-order valence-electron chi connectivity index (χ1n) is 11.4. The van der Waals surface area contributed by atoms with Crippen molar-refractivity contribution in [1.82, 2.24) is 25.4 Å². The third-order valence-corrected chi connectivity index (χ3v) is 7.26. The zero-order valence-corrected chi connectivity index (χ0v) is 19.7. The van der Waals surface area contributed by atoms with E-state index in [4.69, 9.17) is 9.98 Å². The van der Waals surface area contributed by atoms with Gasteiger partial charge in [-0.05, 0) is 71.8 Å². The fraction of sp³-hybridized carbons (Fsp3) is 0.818. The van der Waals surface area contributed by atoms with Gasteiger partial charge in [0.25, 0.3) is 0 Å². The van der Waals surface area contributed by atoms with E-state index in [9.17, 15) is 0 Å². The van der Waals surface area contributed by atoms with Crippen LogP contribution in [-0.4, -0.2) is 72.6 Å². The largest absolute Gasteiger partial charge is 0.357 e. The molecule has 3 heterocycles. The number of hydrogen-bond acceptors (Lipinski definition) is 5. The van der Waals surface area contributed by atoms with Crippen molar-refractivity contribution in [3.05, 3.63) is 16.1 Å². The molecule has 2 aliphatic heterocycles. The van der Waals surface area contributed by atoms with E-state index in [0.717, 1.165) is 24.1 Å². The lowest BCUT2D eigenvalue weighted by Gasteiger charge is -2.50. The summed E-state index contributed by atoms with van der Waals surface area (Å²) in [5.41, 5.74) is 1.43. The number of guanidine groups is 1. The van der Waals surface area contributed by atoms with Crippen LogP contribution in [0, 0.1) is 0 Å². The number of rotatable bonds is 7. The molecule has 164 valence electrons. The summed E-state index contributed by atoms with van der Waals surface area (Å²) in [6.45, 7) is 13.9. The number of likely N-dealkylation sites (tertiary alicyclic amines) is 2. The Morgan fingerprint density at radius 1 is 1.17 bits per heavy atom. The lowest BCUT2D eigenvalue weighted by molar-refractivity contribution is 0.0173. The molecule has 0 unspecified atom stereocenters. The number of aliphatic imine (C=N–C) groups is 1. The van der Waals surface area contributed by atoms with Crippen LogP contribution in [0.1, 0.15) is 69.5 Å². The minimum absolute atomic E-state index is 0.259. The minimum atomic E-state index is 0.259. The van der Waals surface area contributed by atoms with Crippen molar-refractivity contribution in [2.75, 3.05) is 46.3 Å². The summed E-state index contributed by atoms with van der Waals surface area (Å²) in [5, 5.41) is 10.4. The molecule has 2 aliphatic rings. The first kappa shape index (κ1) is 22.5. The molecule has 0 atom stereocenters. The standard InChI is InChI=1S/C22H40N6S/c1-5-23-21(24-15-20-26-19(16-29-20)18(2)3)25-17-22(9-13-27(4)14-10-22)28-11-7-6-8-12-28/h16,18H,5-15,17H2,1-4H3,(H2,23,24,25). The maximum atomic E-state index is 4.85. The van der Waals surface area contributed by atoms with Gasteiger partial charge in [0.1, 0.15) is 5.01 Å². The average Bonchev–Trinajstić information content (AvgIpc) is 3.22. The van der Waals surface area contributed by atoms with Gasteiger partial charge in [-0.1, -0.05) is 20.3 Å². The molecule has 6 nitrogen and oxygen atoms in total. The van der Waals surface area contributed by atoms with Crippen molar-refractivity contribution in [2.24, 2.45) is 4.99 Å². The fourth-order valence-electron chi connectivity index (χ4n) is 4.41. The molecule has 0 spiro atoms. The van der Waals surface area contributed by atoms with Gasteiger partial charge in [-0.25, -0.2) is 9.98 Å². The summed E-state index contributed by atoms with van der Waals surface area (Å²) < 4.78 is 0. The predicted molar refractivity (Wildman–Crippen MR) is 124 cm³/mol. The van der Waals surface area contributed by atoms with Crippen molar-refractivity contribution in [3.63, 3.8) is 0 Å². The molecule has 2 saturated heterocycles. The Kier molecular flexibility index (Phi) is 8.33. The molecular weight excluding hydrogens is 380 g/mol. The molecule has 0 amide bonds. The van der Waals surface area contributed by atoms with Crippen LogP contribution in [0.15, 0.2) is 10.4 Å². The van der Waals surface area contributed by atoms with Crippen LogP contribution in [0.3, 0.4) is 0 Å². The first-order valence-corrected chi connectivity index (χ1v) is 12.3. The van der Waals surface area contributed by atoms with Crippen LogP contribution in [-0.2, 0) is 6.54 Å². The van der Waals surface area contributed by atoms with Crippen LogP contribution >= 0.6 is 11.3 Å². The van der Waals surface area contributed by atoms with Crippen molar-refractivity contribution < 1.29 is 0 Å². The van der Waals surface area contributed by atoms with E-state index in [-0.39, 0.29) is 5.54 Å². The van der Waals surface area contributed by atoms with Gasteiger partial charge < -0.3 is 15.5 Å². The third-order valence-electron chi connectivity index (χ3n) is 6.41. The molecule has 0 radical (unpaired) electrons. The number of aromatic nitrogens is 1. The molecule has 29 heavy (non-hydrogen) atoms. The molecular formula is C22H40N6S. The highest BCUT2D eigenvalue weighted by Crippen LogP contribution is 2.30. The summed E-state index contributed by atoms with van der Waals surface area (Å²) in [4.78, 5) is 14.8. The number of nitrogens with zero attached hydrogens (tertiary/aromatic N) is 4. The molecule has 0 aromatic carbocycles. The third kappa shape index (κ3) is 6.15. The molecule has 1 aromatic rings. The van der Waals surface area contributed by atoms with Gasteiger partial charge >= 0.3 is 0 Å². The second-order valence-corrected chi connectivity index (χ2v) is 9.89. The molecule has 2 fully saturated rings. The molecule has 0 saturated carbocycles. The van der Waals surface area contributed by atoms with E-state index < -0.39 is 0 Å². The maximum absolute atomic E-state index is 4.85. The van der Waals surface area contributed by atoms with Crippen LogP contribution in [0.5, 0.6) is 0 Å². The monoisotopic (exact) mass is 420 g/mol. The number of piperidine rings is 2. The molecule has 0 bridgehead atoms. The van der Waals surface area contributed by atoms with Gasteiger partial charge in [0, 0.05) is 24.0 Å². The van der Waals surface area contributed by atoms with E-state index in [2.05, 4.69) is 53.6 Å². The summed E-state index contributed by atoms with van der Waals surface area (Å²) >= 11 is 1.72. The quantitative estimate of drug-likeness (QED) is 0.524. The van der Waals surface area contributed by atoms with Crippen molar-refractivity contribution in [3.8, 4) is 0 Å². The lowest BCUT2D eigenvalue weighted by atomic mass is 9.84. The Hall–Kier alpha value is -1.18. The molecule has 3 rings (SSSR count). The normalized spacial score (nSPS) is 21.5. The zero-order chi connectivity index (χ0) is 20.7. The Labute approximate surface area is 181 Å². The second kappa shape index (κ2) is 10.7. The van der Waals surface area contributed by atoms with Gasteiger partial charge in [-0.3, -0.25) is 4.90 Å². The van der Waals surface area contributed by atoms with Crippen LogP contribution in [0.25, 0.3) is 0 Å². The van der Waals surface area contributed by atoms with Gasteiger partial charge in [0.05, 0.1) is 12.2 Å². The van der Waals surface area contributed by atoms with E-state index in [0.29, 0.717) is 12.5 Å². The Morgan fingerprint density at radius 2 is 1.90 bits per heavy atom.